The van der Waals surface area contributed by atoms with Gasteiger partial charge in [-0.3, -0.25) is 4.98 Å². The average molecular weight is 354 g/mol. The highest BCUT2D eigenvalue weighted by molar-refractivity contribution is 6.30. The van der Waals surface area contributed by atoms with Crippen molar-refractivity contribution in [3.8, 4) is 0 Å². The minimum absolute atomic E-state index is 0.626. The van der Waals surface area contributed by atoms with Crippen molar-refractivity contribution >= 4 is 23.2 Å². The van der Waals surface area contributed by atoms with Gasteiger partial charge in [-0.15, -0.1) is 0 Å². The van der Waals surface area contributed by atoms with Gasteiger partial charge >= 0.3 is 0 Å². The Morgan fingerprint density at radius 2 is 1.72 bits per heavy atom. The van der Waals surface area contributed by atoms with Crippen molar-refractivity contribution in [2.75, 3.05) is 17.2 Å². The van der Waals surface area contributed by atoms with Crippen LogP contribution in [0.15, 0.2) is 54.7 Å². The van der Waals surface area contributed by atoms with Gasteiger partial charge in [-0.25, -0.2) is 9.97 Å². The van der Waals surface area contributed by atoms with Gasteiger partial charge in [-0.2, -0.15) is 0 Å². The summed E-state index contributed by atoms with van der Waals surface area (Å²) in [5.41, 5.74) is 2.20. The lowest BCUT2D eigenvalue weighted by molar-refractivity contribution is 0.967. The first-order valence-corrected chi connectivity index (χ1v) is 8.54. The number of rotatable bonds is 7. The molecule has 0 bridgehead atoms. The molecule has 1 aromatic carbocycles. The molecule has 0 atom stereocenters. The van der Waals surface area contributed by atoms with Crippen LogP contribution in [0, 0.1) is 6.92 Å². The van der Waals surface area contributed by atoms with Crippen molar-refractivity contribution in [2.45, 2.75) is 19.9 Å². The van der Waals surface area contributed by atoms with Gasteiger partial charge < -0.3 is 10.6 Å². The van der Waals surface area contributed by atoms with Crippen LogP contribution in [0.1, 0.15) is 17.1 Å². The quantitative estimate of drug-likeness (QED) is 0.669. The molecule has 0 spiro atoms. The van der Waals surface area contributed by atoms with E-state index >= 15 is 0 Å². The zero-order valence-corrected chi connectivity index (χ0v) is 14.8. The fourth-order valence-electron chi connectivity index (χ4n) is 2.42. The van der Waals surface area contributed by atoms with Crippen LogP contribution in [0.2, 0.25) is 5.02 Å². The van der Waals surface area contributed by atoms with E-state index in [9.17, 15) is 0 Å². The second-order valence-corrected chi connectivity index (χ2v) is 6.10. The predicted octanol–water partition coefficient (Wildman–Crippen LogP) is 4.10. The molecular formula is C19H20ClN5. The zero-order chi connectivity index (χ0) is 17.5. The summed E-state index contributed by atoms with van der Waals surface area (Å²) < 4.78 is 0. The van der Waals surface area contributed by atoms with E-state index in [2.05, 4.69) is 25.6 Å². The topological polar surface area (TPSA) is 62.7 Å². The Morgan fingerprint density at radius 1 is 0.960 bits per heavy atom. The third kappa shape index (κ3) is 5.43. The minimum Gasteiger partial charge on any atom is -0.370 e. The third-order valence-electron chi connectivity index (χ3n) is 3.65. The number of halogens is 1. The van der Waals surface area contributed by atoms with Crippen LogP contribution in [0.4, 0.5) is 11.6 Å². The maximum Gasteiger partial charge on any atom is 0.132 e. The van der Waals surface area contributed by atoms with Crippen molar-refractivity contribution in [2.24, 2.45) is 0 Å². The molecule has 2 aromatic heterocycles. The van der Waals surface area contributed by atoms with Crippen LogP contribution >= 0.6 is 11.6 Å². The van der Waals surface area contributed by atoms with Crippen LogP contribution in [0.25, 0.3) is 0 Å². The summed E-state index contributed by atoms with van der Waals surface area (Å²) in [7, 11) is 0. The molecule has 0 saturated heterocycles. The molecule has 6 heteroatoms. The highest BCUT2D eigenvalue weighted by atomic mass is 35.5. The summed E-state index contributed by atoms with van der Waals surface area (Å²) in [5, 5.41) is 7.39. The third-order valence-corrected chi connectivity index (χ3v) is 3.90. The molecule has 0 unspecified atom stereocenters. The highest BCUT2D eigenvalue weighted by Gasteiger charge is 2.03. The molecule has 3 rings (SSSR count). The molecule has 0 amide bonds. The number of benzene rings is 1. The van der Waals surface area contributed by atoms with E-state index in [1.54, 1.807) is 6.20 Å². The van der Waals surface area contributed by atoms with Gasteiger partial charge in [-0.05, 0) is 43.2 Å². The fourth-order valence-corrected chi connectivity index (χ4v) is 2.54. The summed E-state index contributed by atoms with van der Waals surface area (Å²) in [5.74, 6) is 2.32. The molecule has 0 aliphatic carbocycles. The Hall–Kier alpha value is -2.66. The fraction of sp³-hybridized carbons (Fsp3) is 0.211. The smallest absolute Gasteiger partial charge is 0.132 e. The Morgan fingerprint density at radius 3 is 2.44 bits per heavy atom. The number of anilines is 2. The Balaban J connectivity index is 1.56. The number of hydrogen-bond acceptors (Lipinski definition) is 5. The molecule has 5 nitrogen and oxygen atoms in total. The SMILES string of the molecule is Cc1nc(NCCc2ccc(Cl)cc2)cc(NCc2ccccn2)n1. The lowest BCUT2D eigenvalue weighted by Crippen LogP contribution is -2.09. The maximum absolute atomic E-state index is 5.91. The highest BCUT2D eigenvalue weighted by Crippen LogP contribution is 2.13. The van der Waals surface area contributed by atoms with E-state index < -0.39 is 0 Å². The van der Waals surface area contributed by atoms with Crippen molar-refractivity contribution < 1.29 is 0 Å². The first kappa shape index (κ1) is 17.2. The number of pyridine rings is 1. The van der Waals surface area contributed by atoms with Crippen LogP contribution < -0.4 is 10.6 Å². The van der Waals surface area contributed by atoms with Gasteiger partial charge in [-0.1, -0.05) is 29.8 Å². The standard InChI is InChI=1S/C19H20ClN5/c1-14-24-18(22-11-9-15-5-7-16(20)8-6-15)12-19(25-14)23-13-17-4-2-3-10-21-17/h2-8,10,12H,9,11,13H2,1H3,(H2,22,23,24,25). The Bertz CT molecular complexity index is 806. The van der Waals surface area contributed by atoms with Crippen molar-refractivity contribution in [1.82, 2.24) is 15.0 Å². The van der Waals surface area contributed by atoms with Crippen LogP contribution in [0.3, 0.4) is 0 Å². The van der Waals surface area contributed by atoms with E-state index in [-0.39, 0.29) is 0 Å². The van der Waals surface area contributed by atoms with Crippen molar-refractivity contribution in [3.05, 3.63) is 76.8 Å². The summed E-state index contributed by atoms with van der Waals surface area (Å²) in [6.07, 6.45) is 2.68. The van der Waals surface area contributed by atoms with E-state index in [1.807, 2.05) is 55.5 Å². The summed E-state index contributed by atoms with van der Waals surface area (Å²) in [6, 6.07) is 15.7. The molecular weight excluding hydrogens is 334 g/mol. The molecule has 0 radical (unpaired) electrons. The molecule has 128 valence electrons. The lowest BCUT2D eigenvalue weighted by Gasteiger charge is -2.10. The molecule has 25 heavy (non-hydrogen) atoms. The van der Waals surface area contributed by atoms with Gasteiger partial charge in [0, 0.05) is 23.8 Å². The molecule has 0 aliphatic heterocycles. The Labute approximate surface area is 152 Å². The van der Waals surface area contributed by atoms with Gasteiger partial charge in [0.1, 0.15) is 17.5 Å². The van der Waals surface area contributed by atoms with Crippen LogP contribution in [-0.4, -0.2) is 21.5 Å². The van der Waals surface area contributed by atoms with Crippen molar-refractivity contribution in [3.63, 3.8) is 0 Å². The van der Waals surface area contributed by atoms with Gasteiger partial charge in [0.2, 0.25) is 0 Å². The van der Waals surface area contributed by atoms with Crippen LogP contribution in [-0.2, 0) is 13.0 Å². The first-order chi connectivity index (χ1) is 12.2. The van der Waals surface area contributed by atoms with E-state index in [0.717, 1.165) is 41.1 Å². The predicted molar refractivity (Wildman–Crippen MR) is 102 cm³/mol. The number of nitrogens with one attached hydrogen (secondary N) is 2. The molecule has 2 heterocycles. The largest absolute Gasteiger partial charge is 0.370 e. The van der Waals surface area contributed by atoms with Crippen molar-refractivity contribution in [1.29, 1.82) is 0 Å². The molecule has 0 aliphatic rings. The molecule has 3 aromatic rings. The second-order valence-electron chi connectivity index (χ2n) is 5.66. The van der Waals surface area contributed by atoms with E-state index in [4.69, 9.17) is 11.6 Å². The van der Waals surface area contributed by atoms with E-state index in [0.29, 0.717) is 6.54 Å². The summed E-state index contributed by atoms with van der Waals surface area (Å²) in [4.78, 5) is 13.2. The minimum atomic E-state index is 0.626. The van der Waals surface area contributed by atoms with Gasteiger partial charge in [0.05, 0.1) is 12.2 Å². The average Bonchev–Trinajstić information content (AvgIpc) is 2.62. The zero-order valence-electron chi connectivity index (χ0n) is 14.0. The monoisotopic (exact) mass is 353 g/mol. The number of hydrogen-bond donors (Lipinski definition) is 2. The molecule has 0 fully saturated rings. The maximum atomic E-state index is 5.91. The van der Waals surface area contributed by atoms with Crippen LogP contribution in [0.5, 0.6) is 0 Å². The van der Waals surface area contributed by atoms with Gasteiger partial charge in [0.15, 0.2) is 0 Å². The summed E-state index contributed by atoms with van der Waals surface area (Å²) in [6.45, 7) is 3.30. The second kappa shape index (κ2) is 8.44. The Kier molecular flexibility index (Phi) is 5.80. The number of aryl methyl sites for hydroxylation is 1. The lowest BCUT2D eigenvalue weighted by atomic mass is 10.1. The van der Waals surface area contributed by atoms with Gasteiger partial charge in [0.25, 0.3) is 0 Å². The summed E-state index contributed by atoms with van der Waals surface area (Å²) >= 11 is 5.91. The normalized spacial score (nSPS) is 10.5. The number of aromatic nitrogens is 3. The molecule has 2 N–H and O–H groups in total. The number of nitrogens with zero attached hydrogens (tertiary/aromatic N) is 3. The van der Waals surface area contributed by atoms with E-state index in [1.165, 1.54) is 5.56 Å². The molecule has 0 saturated carbocycles. The first-order valence-electron chi connectivity index (χ1n) is 8.17.